The largest absolute Gasteiger partial charge is 0.382 e. The summed E-state index contributed by atoms with van der Waals surface area (Å²) in [6.07, 6.45) is 0. The van der Waals surface area contributed by atoms with Crippen LogP contribution in [0.2, 0.25) is 5.02 Å². The molecule has 0 fully saturated rings. The number of allylic oxidation sites excluding steroid dienone is 1. The van der Waals surface area contributed by atoms with E-state index in [-0.39, 0.29) is 11.1 Å². The number of hydroxylamine groups is 1. The van der Waals surface area contributed by atoms with Gasteiger partial charge in [0.2, 0.25) is 0 Å². The van der Waals surface area contributed by atoms with Gasteiger partial charge in [-0.15, -0.1) is 0 Å². The van der Waals surface area contributed by atoms with E-state index in [4.69, 9.17) is 16.4 Å². The van der Waals surface area contributed by atoms with Crippen LogP contribution in [-0.2, 0) is 11.9 Å². The minimum Gasteiger partial charge on any atom is -0.337 e. The fourth-order valence-corrected chi connectivity index (χ4v) is 1.40. The smallest absolute Gasteiger partial charge is 0.337 e. The zero-order valence-electron chi connectivity index (χ0n) is 11.3. The molecule has 0 aliphatic heterocycles. The summed E-state index contributed by atoms with van der Waals surface area (Å²) in [5.74, 6) is -0.589. The Bertz CT molecular complexity index is 486. The lowest BCUT2D eigenvalue weighted by Crippen LogP contribution is -2.27. The lowest BCUT2D eigenvalue weighted by atomic mass is 9.94. The van der Waals surface area contributed by atoms with Gasteiger partial charge in [0.1, 0.15) is 0 Å². The molecule has 0 radical (unpaired) electrons. The second kappa shape index (κ2) is 5.02. The Morgan fingerprint density at radius 2 is 2.06 bits per heavy atom. The van der Waals surface area contributed by atoms with Gasteiger partial charge in [-0.1, -0.05) is 39.0 Å². The van der Waals surface area contributed by atoms with E-state index in [1.165, 1.54) is 4.68 Å². The zero-order chi connectivity index (χ0) is 14.1. The van der Waals surface area contributed by atoms with E-state index in [0.717, 1.165) is 0 Å². The molecule has 0 aliphatic carbocycles. The summed E-state index contributed by atoms with van der Waals surface area (Å²) < 4.78 is 1.39. The topological polar surface area (TPSA) is 56.1 Å². The highest BCUT2D eigenvalue weighted by Crippen LogP contribution is 2.22. The Morgan fingerprint density at radius 3 is 2.44 bits per heavy atom. The molecule has 1 N–H and O–H groups in total. The number of aromatic nitrogens is 2. The molecule has 0 aromatic carbocycles. The molecule has 0 saturated carbocycles. The summed E-state index contributed by atoms with van der Waals surface area (Å²) in [5, 5.41) is 4.34. The Hall–Kier alpha value is -1.49. The first-order valence-electron chi connectivity index (χ1n) is 5.50. The molecule has 18 heavy (non-hydrogen) atoms. The van der Waals surface area contributed by atoms with E-state index in [0.29, 0.717) is 16.4 Å². The summed E-state index contributed by atoms with van der Waals surface area (Å²) in [4.78, 5) is 16.8. The van der Waals surface area contributed by atoms with Crippen LogP contribution in [0.3, 0.4) is 0 Å². The SMILES string of the molecule is C=C(NOC(=O)c1c(Cl)c(C)nn1C)C(C)(C)C. The first-order valence-corrected chi connectivity index (χ1v) is 5.88. The van der Waals surface area contributed by atoms with Gasteiger partial charge in [0.15, 0.2) is 5.69 Å². The van der Waals surface area contributed by atoms with Gasteiger partial charge in [0, 0.05) is 18.2 Å². The third kappa shape index (κ3) is 3.04. The molecule has 0 amide bonds. The molecule has 0 aliphatic rings. The van der Waals surface area contributed by atoms with Gasteiger partial charge in [-0.2, -0.15) is 5.10 Å². The molecule has 0 saturated heterocycles. The predicted molar refractivity (Wildman–Crippen MR) is 70.1 cm³/mol. The van der Waals surface area contributed by atoms with Gasteiger partial charge < -0.3 is 4.84 Å². The van der Waals surface area contributed by atoms with Crippen molar-refractivity contribution < 1.29 is 9.63 Å². The predicted octanol–water partition coefficient (Wildman–Crippen LogP) is 2.60. The molecule has 6 heteroatoms. The quantitative estimate of drug-likeness (QED) is 0.859. The summed E-state index contributed by atoms with van der Waals surface area (Å²) in [6.45, 7) is 11.4. The van der Waals surface area contributed by atoms with Gasteiger partial charge in [-0.25, -0.2) is 10.3 Å². The number of aryl methyl sites for hydroxylation is 2. The fourth-order valence-electron chi connectivity index (χ4n) is 1.16. The number of rotatable bonds is 3. The van der Waals surface area contributed by atoms with Crippen molar-refractivity contribution in [3.63, 3.8) is 0 Å². The van der Waals surface area contributed by atoms with Crippen molar-refractivity contribution in [2.24, 2.45) is 12.5 Å². The van der Waals surface area contributed by atoms with Crippen molar-refractivity contribution in [1.82, 2.24) is 15.3 Å². The molecule has 1 rings (SSSR count). The van der Waals surface area contributed by atoms with Gasteiger partial charge >= 0.3 is 5.97 Å². The normalized spacial score (nSPS) is 11.2. The Kier molecular flexibility index (Phi) is 4.06. The highest BCUT2D eigenvalue weighted by Gasteiger charge is 2.22. The Balaban J connectivity index is 2.76. The van der Waals surface area contributed by atoms with Crippen LogP contribution in [0.15, 0.2) is 12.3 Å². The number of nitrogens with one attached hydrogen (secondary N) is 1. The lowest BCUT2D eigenvalue weighted by Gasteiger charge is -2.21. The number of hydrogen-bond donors (Lipinski definition) is 1. The van der Waals surface area contributed by atoms with Crippen molar-refractivity contribution in [3.05, 3.63) is 28.7 Å². The Morgan fingerprint density at radius 1 is 1.50 bits per heavy atom. The molecule has 0 spiro atoms. The molecule has 100 valence electrons. The summed E-state index contributed by atoms with van der Waals surface area (Å²) in [6, 6.07) is 0. The van der Waals surface area contributed by atoms with Gasteiger partial charge in [-0.3, -0.25) is 4.68 Å². The number of carbonyl (C=O) groups is 1. The van der Waals surface area contributed by atoms with Gasteiger partial charge in [-0.05, 0) is 6.92 Å². The monoisotopic (exact) mass is 271 g/mol. The number of hydrogen-bond acceptors (Lipinski definition) is 4. The van der Waals surface area contributed by atoms with Crippen LogP contribution in [0.25, 0.3) is 0 Å². The van der Waals surface area contributed by atoms with E-state index in [9.17, 15) is 4.79 Å². The van der Waals surface area contributed by atoms with E-state index in [1.807, 2.05) is 20.8 Å². The maximum Gasteiger partial charge on any atom is 0.382 e. The fraction of sp³-hybridized carbons (Fsp3) is 0.500. The number of halogens is 1. The average molecular weight is 272 g/mol. The lowest BCUT2D eigenvalue weighted by molar-refractivity contribution is 0.0276. The molecule has 0 bridgehead atoms. The first kappa shape index (κ1) is 14.6. The highest BCUT2D eigenvalue weighted by atomic mass is 35.5. The van der Waals surface area contributed by atoms with E-state index >= 15 is 0 Å². The second-order valence-corrected chi connectivity index (χ2v) is 5.47. The molecular formula is C12H18ClN3O2. The van der Waals surface area contributed by atoms with Crippen molar-refractivity contribution in [3.8, 4) is 0 Å². The molecule has 0 atom stereocenters. The minimum atomic E-state index is -0.589. The van der Waals surface area contributed by atoms with Crippen molar-refractivity contribution in [2.45, 2.75) is 27.7 Å². The van der Waals surface area contributed by atoms with Crippen LogP contribution in [0.4, 0.5) is 0 Å². The van der Waals surface area contributed by atoms with Crippen LogP contribution in [0.1, 0.15) is 37.0 Å². The van der Waals surface area contributed by atoms with Crippen molar-refractivity contribution in [2.75, 3.05) is 0 Å². The molecule has 1 aromatic heterocycles. The van der Waals surface area contributed by atoms with Crippen LogP contribution in [-0.4, -0.2) is 15.7 Å². The van der Waals surface area contributed by atoms with Crippen molar-refractivity contribution in [1.29, 1.82) is 0 Å². The number of carbonyl (C=O) groups excluding carboxylic acids is 1. The van der Waals surface area contributed by atoms with Crippen LogP contribution < -0.4 is 5.48 Å². The average Bonchev–Trinajstić information content (AvgIpc) is 2.48. The molecule has 5 nitrogen and oxygen atoms in total. The van der Waals surface area contributed by atoms with E-state index in [2.05, 4.69) is 17.2 Å². The van der Waals surface area contributed by atoms with Gasteiger partial charge in [0.05, 0.1) is 10.7 Å². The third-order valence-electron chi connectivity index (χ3n) is 2.51. The van der Waals surface area contributed by atoms with Gasteiger partial charge in [0.25, 0.3) is 0 Å². The van der Waals surface area contributed by atoms with Crippen LogP contribution in [0.5, 0.6) is 0 Å². The Labute approximate surface area is 112 Å². The molecule has 0 unspecified atom stereocenters. The van der Waals surface area contributed by atoms with Crippen LogP contribution in [0, 0.1) is 12.3 Å². The summed E-state index contributed by atoms with van der Waals surface area (Å²) in [5.41, 5.74) is 3.74. The third-order valence-corrected chi connectivity index (χ3v) is 2.97. The molecule has 1 aromatic rings. The van der Waals surface area contributed by atoms with E-state index < -0.39 is 5.97 Å². The zero-order valence-corrected chi connectivity index (χ0v) is 12.1. The minimum absolute atomic E-state index is 0.202. The molecule has 1 heterocycles. The maximum absolute atomic E-state index is 11.9. The van der Waals surface area contributed by atoms with E-state index in [1.54, 1.807) is 14.0 Å². The van der Waals surface area contributed by atoms with Crippen LogP contribution >= 0.6 is 11.6 Å². The highest BCUT2D eigenvalue weighted by molar-refractivity contribution is 6.33. The second-order valence-electron chi connectivity index (χ2n) is 5.09. The first-order chi connectivity index (χ1) is 8.14. The van der Waals surface area contributed by atoms with Crippen molar-refractivity contribution >= 4 is 17.6 Å². The summed E-state index contributed by atoms with van der Waals surface area (Å²) >= 11 is 5.98. The molecular weight excluding hydrogens is 254 g/mol. The maximum atomic E-state index is 11.9. The standard InChI is InChI=1S/C12H18ClN3O2/c1-7-9(13)10(16(6)14-7)11(17)18-15-8(2)12(3,4)5/h15H,2H2,1,3-6H3. The summed E-state index contributed by atoms with van der Waals surface area (Å²) in [7, 11) is 1.63. The number of nitrogens with zero attached hydrogens (tertiary/aromatic N) is 2.